The van der Waals surface area contributed by atoms with Crippen molar-refractivity contribution >= 4 is 18.4 Å². The van der Waals surface area contributed by atoms with Crippen LogP contribution in [-0.4, -0.2) is 24.3 Å². The van der Waals surface area contributed by atoms with Crippen molar-refractivity contribution in [2.75, 3.05) is 7.11 Å². The van der Waals surface area contributed by atoms with Crippen molar-refractivity contribution < 1.29 is 14.6 Å². The quantitative estimate of drug-likeness (QED) is 0.792. The van der Waals surface area contributed by atoms with E-state index in [1.54, 1.807) is 18.2 Å². The summed E-state index contributed by atoms with van der Waals surface area (Å²) in [6.07, 6.45) is 0.975. The summed E-state index contributed by atoms with van der Waals surface area (Å²) in [5.41, 5.74) is 7.23. The van der Waals surface area contributed by atoms with Gasteiger partial charge in [-0.25, -0.2) is 4.79 Å². The van der Waals surface area contributed by atoms with Crippen LogP contribution >= 0.6 is 12.4 Å². The molecular formula is C15H24ClNO3. The number of esters is 1. The minimum atomic E-state index is -0.602. The average Bonchev–Trinajstić information content (AvgIpc) is 2.43. The van der Waals surface area contributed by atoms with E-state index in [9.17, 15) is 9.90 Å². The van der Waals surface area contributed by atoms with Gasteiger partial charge in [0.05, 0.1) is 24.8 Å². The number of benzene rings is 1. The standard InChI is InChI=1S/C15H23NO3.ClH/c1-10(2)7-8-13(17)14(16)11-5-4-6-12(9-11)15(18)19-3;/h4-6,9-10,13-14,17H,7-8,16H2,1-3H3;1H/t13-,14+;/m0./s1. The Bertz CT molecular complexity index is 423. The zero-order valence-corrected chi connectivity index (χ0v) is 13.0. The van der Waals surface area contributed by atoms with Crippen molar-refractivity contribution in [2.24, 2.45) is 11.7 Å². The molecule has 5 heteroatoms. The first-order valence-corrected chi connectivity index (χ1v) is 6.57. The van der Waals surface area contributed by atoms with Crippen molar-refractivity contribution in [3.8, 4) is 0 Å². The number of halogens is 1. The number of hydrogen-bond acceptors (Lipinski definition) is 4. The van der Waals surface area contributed by atoms with E-state index >= 15 is 0 Å². The second-order valence-electron chi connectivity index (χ2n) is 5.18. The predicted octanol–water partition coefficient (Wildman–Crippen LogP) is 2.69. The molecule has 0 amide bonds. The van der Waals surface area contributed by atoms with Crippen LogP contribution in [0.1, 0.15) is 48.7 Å². The molecule has 0 heterocycles. The number of carbonyl (C=O) groups is 1. The van der Waals surface area contributed by atoms with Crippen LogP contribution in [-0.2, 0) is 4.74 Å². The number of methoxy groups -OCH3 is 1. The van der Waals surface area contributed by atoms with E-state index < -0.39 is 18.1 Å². The van der Waals surface area contributed by atoms with Gasteiger partial charge in [0.25, 0.3) is 0 Å². The van der Waals surface area contributed by atoms with Gasteiger partial charge in [-0.15, -0.1) is 12.4 Å². The Morgan fingerprint density at radius 1 is 1.35 bits per heavy atom. The Labute approximate surface area is 126 Å². The summed E-state index contributed by atoms with van der Waals surface area (Å²) in [7, 11) is 1.34. The van der Waals surface area contributed by atoms with Gasteiger partial charge in [0, 0.05) is 0 Å². The van der Waals surface area contributed by atoms with E-state index in [4.69, 9.17) is 5.73 Å². The van der Waals surface area contributed by atoms with Crippen LogP contribution in [0.2, 0.25) is 0 Å². The Hall–Kier alpha value is -1.10. The van der Waals surface area contributed by atoms with E-state index in [-0.39, 0.29) is 12.4 Å². The van der Waals surface area contributed by atoms with Crippen molar-refractivity contribution in [1.29, 1.82) is 0 Å². The topological polar surface area (TPSA) is 72.5 Å². The molecule has 0 aliphatic rings. The molecule has 3 N–H and O–H groups in total. The van der Waals surface area contributed by atoms with Gasteiger partial charge in [-0.3, -0.25) is 0 Å². The summed E-state index contributed by atoms with van der Waals surface area (Å²) >= 11 is 0. The fourth-order valence-electron chi connectivity index (χ4n) is 1.90. The van der Waals surface area contributed by atoms with Gasteiger partial charge in [-0.05, 0) is 36.5 Å². The Kier molecular flexibility index (Phi) is 8.46. The maximum Gasteiger partial charge on any atom is 0.337 e. The monoisotopic (exact) mass is 301 g/mol. The lowest BCUT2D eigenvalue weighted by Crippen LogP contribution is -2.26. The number of aliphatic hydroxyl groups is 1. The van der Waals surface area contributed by atoms with Crippen LogP contribution in [0.15, 0.2) is 24.3 Å². The maximum atomic E-state index is 11.4. The average molecular weight is 302 g/mol. The second kappa shape index (κ2) is 8.95. The molecule has 0 saturated heterocycles. The summed E-state index contributed by atoms with van der Waals surface area (Å²) in [5.74, 6) is 0.133. The molecule has 0 aliphatic heterocycles. The lowest BCUT2D eigenvalue weighted by atomic mass is 9.95. The number of carbonyl (C=O) groups excluding carboxylic acids is 1. The highest BCUT2D eigenvalue weighted by molar-refractivity contribution is 5.89. The Morgan fingerprint density at radius 3 is 2.55 bits per heavy atom. The van der Waals surface area contributed by atoms with Crippen molar-refractivity contribution in [1.82, 2.24) is 0 Å². The highest BCUT2D eigenvalue weighted by Crippen LogP contribution is 2.20. The van der Waals surface area contributed by atoms with E-state index in [1.807, 2.05) is 6.07 Å². The van der Waals surface area contributed by atoms with Gasteiger partial charge < -0.3 is 15.6 Å². The Balaban J connectivity index is 0.00000361. The van der Waals surface area contributed by atoms with E-state index in [2.05, 4.69) is 18.6 Å². The molecule has 20 heavy (non-hydrogen) atoms. The number of hydrogen-bond donors (Lipinski definition) is 2. The highest BCUT2D eigenvalue weighted by atomic mass is 35.5. The summed E-state index contributed by atoms with van der Waals surface area (Å²) in [5, 5.41) is 10.1. The molecule has 0 fully saturated rings. The lowest BCUT2D eigenvalue weighted by Gasteiger charge is -2.20. The van der Waals surface area contributed by atoms with Crippen LogP contribution in [0.4, 0.5) is 0 Å². The molecule has 1 rings (SSSR count). The SMILES string of the molecule is COC(=O)c1cccc([C@@H](N)[C@@H](O)CCC(C)C)c1.Cl. The molecule has 0 unspecified atom stereocenters. The first-order valence-electron chi connectivity index (χ1n) is 6.57. The first-order chi connectivity index (χ1) is 8.95. The van der Waals surface area contributed by atoms with Gasteiger partial charge in [0.15, 0.2) is 0 Å². The fraction of sp³-hybridized carbons (Fsp3) is 0.533. The molecular weight excluding hydrogens is 278 g/mol. The summed E-state index contributed by atoms with van der Waals surface area (Å²) in [6.45, 7) is 4.21. The summed E-state index contributed by atoms with van der Waals surface area (Å²) < 4.78 is 4.67. The zero-order valence-electron chi connectivity index (χ0n) is 12.2. The first kappa shape index (κ1) is 18.9. The number of aliphatic hydroxyl groups excluding tert-OH is 1. The molecule has 2 atom stereocenters. The smallest absolute Gasteiger partial charge is 0.337 e. The molecule has 0 radical (unpaired) electrons. The molecule has 114 valence electrons. The van der Waals surface area contributed by atoms with Crippen LogP contribution in [0.25, 0.3) is 0 Å². The van der Waals surface area contributed by atoms with Crippen LogP contribution in [0, 0.1) is 5.92 Å². The highest BCUT2D eigenvalue weighted by Gasteiger charge is 2.18. The van der Waals surface area contributed by atoms with Crippen molar-refractivity contribution in [3.63, 3.8) is 0 Å². The molecule has 0 aromatic heterocycles. The number of nitrogens with two attached hydrogens (primary N) is 1. The van der Waals surface area contributed by atoms with Gasteiger partial charge in [0.2, 0.25) is 0 Å². The normalized spacial score (nSPS) is 13.5. The second-order valence-corrected chi connectivity index (χ2v) is 5.18. The Morgan fingerprint density at radius 2 is 2.00 bits per heavy atom. The molecule has 1 aromatic rings. The van der Waals surface area contributed by atoms with Crippen LogP contribution in [0.3, 0.4) is 0 Å². The fourth-order valence-corrected chi connectivity index (χ4v) is 1.90. The van der Waals surface area contributed by atoms with Gasteiger partial charge in [0.1, 0.15) is 0 Å². The minimum absolute atomic E-state index is 0. The van der Waals surface area contributed by atoms with Gasteiger partial charge in [-0.1, -0.05) is 26.0 Å². The molecule has 1 aromatic carbocycles. The summed E-state index contributed by atoms with van der Waals surface area (Å²) in [6, 6.07) is 6.42. The zero-order chi connectivity index (χ0) is 14.4. The van der Waals surface area contributed by atoms with Gasteiger partial charge >= 0.3 is 5.97 Å². The number of ether oxygens (including phenoxy) is 1. The third-order valence-corrected chi connectivity index (χ3v) is 3.15. The maximum absolute atomic E-state index is 11.4. The third-order valence-electron chi connectivity index (χ3n) is 3.15. The minimum Gasteiger partial charge on any atom is -0.465 e. The van der Waals surface area contributed by atoms with E-state index in [0.717, 1.165) is 12.0 Å². The van der Waals surface area contributed by atoms with Crippen molar-refractivity contribution in [2.45, 2.75) is 38.8 Å². The molecule has 0 bridgehead atoms. The van der Waals surface area contributed by atoms with Crippen LogP contribution in [0.5, 0.6) is 0 Å². The molecule has 0 aliphatic carbocycles. The molecule has 0 spiro atoms. The molecule has 0 saturated carbocycles. The van der Waals surface area contributed by atoms with E-state index in [0.29, 0.717) is 17.9 Å². The summed E-state index contributed by atoms with van der Waals surface area (Å²) in [4.78, 5) is 11.4. The largest absolute Gasteiger partial charge is 0.465 e. The van der Waals surface area contributed by atoms with E-state index in [1.165, 1.54) is 7.11 Å². The molecule has 4 nitrogen and oxygen atoms in total. The van der Waals surface area contributed by atoms with Crippen molar-refractivity contribution in [3.05, 3.63) is 35.4 Å². The van der Waals surface area contributed by atoms with Crippen LogP contribution < -0.4 is 5.73 Å². The number of rotatable bonds is 6. The van der Waals surface area contributed by atoms with Gasteiger partial charge in [-0.2, -0.15) is 0 Å². The predicted molar refractivity (Wildman–Crippen MR) is 82.0 cm³/mol. The lowest BCUT2D eigenvalue weighted by molar-refractivity contribution is 0.0600. The third kappa shape index (κ3) is 5.49.